The summed E-state index contributed by atoms with van der Waals surface area (Å²) in [5, 5.41) is 9.60. The quantitative estimate of drug-likeness (QED) is 0.904. The Morgan fingerprint density at radius 1 is 1.42 bits per heavy atom. The highest BCUT2D eigenvalue weighted by Gasteiger charge is 2.29. The minimum atomic E-state index is -3.52. The molecule has 0 radical (unpaired) electrons. The number of aliphatic hydroxyl groups excluding tert-OH is 1. The van der Waals surface area contributed by atoms with Crippen LogP contribution < -0.4 is 4.74 Å². The highest BCUT2D eigenvalue weighted by atomic mass is 32.2. The lowest BCUT2D eigenvalue weighted by Crippen LogP contribution is -2.42. The standard InChI is InChI=1S/C13H19NO4S/c1-10-8-12(5-6-13(10)18-2)19(16,17)14-7-3-4-11(15)9-14/h5-6,8,11,15H,3-4,7,9H2,1-2H3. The third-order valence-electron chi connectivity index (χ3n) is 3.36. The predicted octanol–water partition coefficient (Wildman–Crippen LogP) is 1.15. The number of rotatable bonds is 3. The Hall–Kier alpha value is -1.11. The van der Waals surface area contributed by atoms with Gasteiger partial charge in [0.05, 0.1) is 18.1 Å². The van der Waals surface area contributed by atoms with Crippen LogP contribution >= 0.6 is 0 Å². The molecule has 19 heavy (non-hydrogen) atoms. The zero-order chi connectivity index (χ0) is 14.0. The van der Waals surface area contributed by atoms with Crippen LogP contribution in [0.3, 0.4) is 0 Å². The van der Waals surface area contributed by atoms with Gasteiger partial charge in [0.2, 0.25) is 10.0 Å². The molecule has 1 atom stereocenters. The molecule has 1 heterocycles. The van der Waals surface area contributed by atoms with Gasteiger partial charge in [0, 0.05) is 13.1 Å². The number of β-amino-alcohol motifs (C(OH)–C–C–N with tert-alkyl or cyclic N) is 1. The summed E-state index contributed by atoms with van der Waals surface area (Å²) < 4.78 is 31.4. The third-order valence-corrected chi connectivity index (χ3v) is 5.22. The normalized spacial score (nSPS) is 21.3. The summed E-state index contributed by atoms with van der Waals surface area (Å²) in [4.78, 5) is 0.250. The monoisotopic (exact) mass is 285 g/mol. The summed E-state index contributed by atoms with van der Waals surface area (Å²) in [6, 6.07) is 4.81. The van der Waals surface area contributed by atoms with E-state index in [1.165, 1.54) is 4.31 Å². The van der Waals surface area contributed by atoms with Crippen LogP contribution in [0.5, 0.6) is 5.75 Å². The van der Waals surface area contributed by atoms with Gasteiger partial charge in [-0.25, -0.2) is 8.42 Å². The Morgan fingerprint density at radius 3 is 2.74 bits per heavy atom. The van der Waals surface area contributed by atoms with Crippen LogP contribution in [0, 0.1) is 6.92 Å². The van der Waals surface area contributed by atoms with Crippen LogP contribution in [0.15, 0.2) is 23.1 Å². The van der Waals surface area contributed by atoms with Crippen molar-refractivity contribution in [1.29, 1.82) is 0 Å². The summed E-state index contributed by atoms with van der Waals surface area (Å²) in [5.41, 5.74) is 0.779. The summed E-state index contributed by atoms with van der Waals surface area (Å²) in [6.07, 6.45) is 0.784. The average molecular weight is 285 g/mol. The van der Waals surface area contributed by atoms with E-state index in [1.807, 2.05) is 6.92 Å². The van der Waals surface area contributed by atoms with Gasteiger partial charge < -0.3 is 9.84 Å². The average Bonchev–Trinajstić information content (AvgIpc) is 2.38. The molecule has 1 fully saturated rings. The van der Waals surface area contributed by atoms with Gasteiger partial charge in [0.15, 0.2) is 0 Å². The van der Waals surface area contributed by atoms with Crippen molar-refractivity contribution in [3.63, 3.8) is 0 Å². The van der Waals surface area contributed by atoms with Gasteiger partial charge in [-0.2, -0.15) is 4.31 Å². The van der Waals surface area contributed by atoms with Gasteiger partial charge in [-0.1, -0.05) is 0 Å². The first kappa shape index (κ1) is 14.3. The molecule has 5 nitrogen and oxygen atoms in total. The molecular weight excluding hydrogens is 266 g/mol. The summed E-state index contributed by atoms with van der Waals surface area (Å²) in [7, 11) is -1.97. The fourth-order valence-electron chi connectivity index (χ4n) is 2.30. The van der Waals surface area contributed by atoms with Gasteiger partial charge in [0.25, 0.3) is 0 Å². The number of hydrogen-bond donors (Lipinski definition) is 1. The number of piperidine rings is 1. The maximum absolute atomic E-state index is 12.5. The van der Waals surface area contributed by atoms with Gasteiger partial charge in [-0.15, -0.1) is 0 Å². The number of sulfonamides is 1. The van der Waals surface area contributed by atoms with Crippen LogP contribution in [0.1, 0.15) is 18.4 Å². The first-order valence-corrected chi connectivity index (χ1v) is 7.72. The van der Waals surface area contributed by atoms with E-state index in [1.54, 1.807) is 25.3 Å². The molecule has 0 spiro atoms. The number of nitrogens with zero attached hydrogens (tertiary/aromatic N) is 1. The molecule has 1 saturated heterocycles. The van der Waals surface area contributed by atoms with Gasteiger partial charge in [-0.05, 0) is 43.5 Å². The van der Waals surface area contributed by atoms with E-state index in [2.05, 4.69) is 0 Å². The molecule has 1 aromatic carbocycles. The first-order valence-electron chi connectivity index (χ1n) is 6.28. The van der Waals surface area contributed by atoms with E-state index in [0.29, 0.717) is 25.1 Å². The lowest BCUT2D eigenvalue weighted by atomic mass is 10.1. The summed E-state index contributed by atoms with van der Waals surface area (Å²) in [5.74, 6) is 0.664. The molecule has 6 heteroatoms. The molecule has 0 saturated carbocycles. The summed E-state index contributed by atoms with van der Waals surface area (Å²) >= 11 is 0. The van der Waals surface area contributed by atoms with E-state index in [-0.39, 0.29) is 11.4 Å². The highest BCUT2D eigenvalue weighted by molar-refractivity contribution is 7.89. The molecule has 0 aromatic heterocycles. The van der Waals surface area contributed by atoms with Crippen LogP contribution in [0.25, 0.3) is 0 Å². The number of aliphatic hydroxyl groups is 1. The molecule has 1 unspecified atom stereocenters. The number of methoxy groups -OCH3 is 1. The first-order chi connectivity index (χ1) is 8.95. The third kappa shape index (κ3) is 2.91. The van der Waals surface area contributed by atoms with Crippen LogP contribution in [-0.2, 0) is 10.0 Å². The second kappa shape index (κ2) is 5.48. The molecule has 0 aliphatic carbocycles. The lowest BCUT2D eigenvalue weighted by Gasteiger charge is -2.29. The van der Waals surface area contributed by atoms with Crippen molar-refractivity contribution < 1.29 is 18.3 Å². The van der Waals surface area contributed by atoms with Gasteiger partial charge >= 0.3 is 0 Å². The van der Waals surface area contributed by atoms with Crippen molar-refractivity contribution in [2.75, 3.05) is 20.2 Å². The zero-order valence-electron chi connectivity index (χ0n) is 11.2. The maximum Gasteiger partial charge on any atom is 0.243 e. The van der Waals surface area contributed by atoms with Crippen molar-refractivity contribution in [2.45, 2.75) is 30.8 Å². The molecule has 1 N–H and O–H groups in total. The smallest absolute Gasteiger partial charge is 0.243 e. The Bertz CT molecular complexity index is 556. The molecule has 106 valence electrons. The van der Waals surface area contributed by atoms with Crippen molar-refractivity contribution in [2.24, 2.45) is 0 Å². The van der Waals surface area contributed by atoms with E-state index in [4.69, 9.17) is 4.74 Å². The minimum absolute atomic E-state index is 0.174. The van der Waals surface area contributed by atoms with Crippen molar-refractivity contribution in [3.8, 4) is 5.75 Å². The Balaban J connectivity index is 2.31. The van der Waals surface area contributed by atoms with Gasteiger partial charge in [-0.3, -0.25) is 0 Å². The number of hydrogen-bond acceptors (Lipinski definition) is 4. The Labute approximate surface area is 113 Å². The molecule has 0 bridgehead atoms. The maximum atomic E-state index is 12.5. The molecule has 1 aliphatic rings. The van der Waals surface area contributed by atoms with Crippen molar-refractivity contribution in [3.05, 3.63) is 23.8 Å². The van der Waals surface area contributed by atoms with E-state index < -0.39 is 16.1 Å². The van der Waals surface area contributed by atoms with E-state index >= 15 is 0 Å². The Morgan fingerprint density at radius 2 is 2.16 bits per heavy atom. The topological polar surface area (TPSA) is 66.8 Å². The predicted molar refractivity (Wildman–Crippen MR) is 71.7 cm³/mol. The minimum Gasteiger partial charge on any atom is -0.496 e. The summed E-state index contributed by atoms with van der Waals surface area (Å²) in [6.45, 7) is 2.45. The lowest BCUT2D eigenvalue weighted by molar-refractivity contribution is 0.108. The largest absolute Gasteiger partial charge is 0.496 e. The molecule has 0 amide bonds. The van der Waals surface area contributed by atoms with E-state index in [0.717, 1.165) is 5.56 Å². The molecule has 1 aromatic rings. The van der Waals surface area contributed by atoms with Crippen LogP contribution in [-0.4, -0.2) is 44.1 Å². The Kier molecular flexibility index (Phi) is 4.13. The fourth-order valence-corrected chi connectivity index (χ4v) is 3.90. The molecule has 1 aliphatic heterocycles. The highest BCUT2D eigenvalue weighted by Crippen LogP contribution is 2.25. The van der Waals surface area contributed by atoms with Crippen molar-refractivity contribution >= 4 is 10.0 Å². The fraction of sp³-hybridized carbons (Fsp3) is 0.538. The number of benzene rings is 1. The number of aryl methyl sites for hydroxylation is 1. The van der Waals surface area contributed by atoms with Crippen LogP contribution in [0.4, 0.5) is 0 Å². The second-order valence-corrected chi connectivity index (χ2v) is 6.73. The second-order valence-electron chi connectivity index (χ2n) is 4.79. The molecule has 2 rings (SSSR count). The zero-order valence-corrected chi connectivity index (χ0v) is 12.0. The number of ether oxygens (including phenoxy) is 1. The van der Waals surface area contributed by atoms with Crippen molar-refractivity contribution in [1.82, 2.24) is 4.31 Å². The SMILES string of the molecule is COc1ccc(S(=O)(=O)N2CCCC(O)C2)cc1C. The van der Waals surface area contributed by atoms with Crippen LogP contribution in [0.2, 0.25) is 0 Å². The van der Waals surface area contributed by atoms with E-state index in [9.17, 15) is 13.5 Å². The van der Waals surface area contributed by atoms with Gasteiger partial charge in [0.1, 0.15) is 5.75 Å². The molecular formula is C13H19NO4S.